The predicted octanol–water partition coefficient (Wildman–Crippen LogP) is 4.28. The quantitative estimate of drug-likeness (QED) is 0.798. The van der Waals surface area contributed by atoms with Crippen LogP contribution < -0.4 is 4.74 Å². The lowest BCUT2D eigenvalue weighted by Gasteiger charge is -2.22. The van der Waals surface area contributed by atoms with Gasteiger partial charge in [-0.05, 0) is 43.3 Å². The minimum Gasteiger partial charge on any atom is -0.467 e. The van der Waals surface area contributed by atoms with E-state index in [1.54, 1.807) is 42.5 Å². The van der Waals surface area contributed by atoms with E-state index in [2.05, 4.69) is 20.7 Å². The van der Waals surface area contributed by atoms with E-state index < -0.39 is 11.6 Å². The van der Waals surface area contributed by atoms with Crippen LogP contribution in [0.5, 0.6) is 11.5 Å². The smallest absolute Gasteiger partial charge is 0.342 e. The highest BCUT2D eigenvalue weighted by molar-refractivity contribution is 9.10. The molecule has 0 aliphatic carbocycles. The molecular formula is C16H14BrClO4. The van der Waals surface area contributed by atoms with E-state index in [9.17, 15) is 9.90 Å². The predicted molar refractivity (Wildman–Crippen MR) is 87.3 cm³/mol. The van der Waals surface area contributed by atoms with Gasteiger partial charge < -0.3 is 14.6 Å². The third kappa shape index (κ3) is 3.61. The Morgan fingerprint density at radius 2 is 1.77 bits per heavy atom. The summed E-state index contributed by atoms with van der Waals surface area (Å²) in [6.07, 6.45) is 0. The molecule has 0 aromatic heterocycles. The normalized spacial score (nSPS) is 13.3. The molecule has 4 nitrogen and oxygen atoms in total. The van der Waals surface area contributed by atoms with E-state index in [4.69, 9.17) is 16.3 Å². The molecule has 0 radical (unpaired) electrons. The van der Waals surface area contributed by atoms with Crippen LogP contribution in [-0.4, -0.2) is 18.2 Å². The van der Waals surface area contributed by atoms with E-state index in [-0.39, 0.29) is 0 Å². The van der Waals surface area contributed by atoms with Crippen molar-refractivity contribution < 1.29 is 19.4 Å². The van der Waals surface area contributed by atoms with Crippen LogP contribution in [0.2, 0.25) is 5.02 Å². The molecule has 0 bridgehead atoms. The van der Waals surface area contributed by atoms with Crippen LogP contribution in [0.3, 0.4) is 0 Å². The Kier molecular flexibility index (Phi) is 5.11. The highest BCUT2D eigenvalue weighted by Gasteiger charge is 2.35. The molecular weight excluding hydrogens is 372 g/mol. The van der Waals surface area contributed by atoms with Gasteiger partial charge in [0.1, 0.15) is 11.5 Å². The summed E-state index contributed by atoms with van der Waals surface area (Å²) in [5.74, 6) is 0.446. The summed E-state index contributed by atoms with van der Waals surface area (Å²) in [6.45, 7) is 1.37. The lowest BCUT2D eigenvalue weighted by atomic mass is 9.96. The largest absolute Gasteiger partial charge is 0.467 e. The monoisotopic (exact) mass is 384 g/mol. The molecule has 6 heteroatoms. The fourth-order valence-electron chi connectivity index (χ4n) is 1.90. The van der Waals surface area contributed by atoms with Crippen LogP contribution >= 0.6 is 27.5 Å². The highest BCUT2D eigenvalue weighted by Crippen LogP contribution is 2.33. The summed E-state index contributed by atoms with van der Waals surface area (Å²) >= 11 is 9.16. The fourth-order valence-corrected chi connectivity index (χ4v) is 2.77. The fraction of sp³-hybridized carbons (Fsp3) is 0.188. The molecule has 2 aromatic carbocycles. The molecule has 0 heterocycles. The van der Waals surface area contributed by atoms with Gasteiger partial charge in [-0.25, -0.2) is 4.79 Å². The summed E-state index contributed by atoms with van der Waals surface area (Å²) in [5.41, 5.74) is -1.35. The van der Waals surface area contributed by atoms with E-state index >= 15 is 0 Å². The van der Waals surface area contributed by atoms with Crippen LogP contribution in [0.1, 0.15) is 12.5 Å². The number of hydrogen-bond acceptors (Lipinski definition) is 4. The zero-order chi connectivity index (χ0) is 16.3. The summed E-state index contributed by atoms with van der Waals surface area (Å²) < 4.78 is 10.8. The number of methoxy groups -OCH3 is 1. The number of aliphatic hydroxyl groups is 1. The van der Waals surface area contributed by atoms with Crippen molar-refractivity contribution in [1.82, 2.24) is 0 Å². The van der Waals surface area contributed by atoms with Crippen LogP contribution in [0, 0.1) is 0 Å². The molecule has 1 N–H and O–H groups in total. The van der Waals surface area contributed by atoms with Gasteiger partial charge in [-0.3, -0.25) is 0 Å². The van der Waals surface area contributed by atoms with Gasteiger partial charge in [0.05, 0.1) is 7.11 Å². The Morgan fingerprint density at radius 3 is 2.32 bits per heavy atom. The van der Waals surface area contributed by atoms with Gasteiger partial charge in [-0.15, -0.1) is 0 Å². The van der Waals surface area contributed by atoms with Crippen molar-refractivity contribution in [3.05, 3.63) is 57.5 Å². The Bertz CT molecular complexity index is 683. The zero-order valence-electron chi connectivity index (χ0n) is 12.0. The number of hydrogen-bond donors (Lipinski definition) is 1. The maximum atomic E-state index is 11.7. The first kappa shape index (κ1) is 16.8. The van der Waals surface area contributed by atoms with E-state index in [0.29, 0.717) is 26.6 Å². The maximum Gasteiger partial charge on any atom is 0.342 e. The van der Waals surface area contributed by atoms with Gasteiger partial charge >= 0.3 is 5.97 Å². The van der Waals surface area contributed by atoms with Gasteiger partial charge in [-0.2, -0.15) is 0 Å². The number of rotatable bonds is 4. The third-order valence-corrected chi connectivity index (χ3v) is 4.01. The topological polar surface area (TPSA) is 55.8 Å². The maximum absolute atomic E-state index is 11.7. The molecule has 0 aliphatic heterocycles. The van der Waals surface area contributed by atoms with Crippen molar-refractivity contribution >= 4 is 33.5 Å². The van der Waals surface area contributed by atoms with Gasteiger partial charge in [0.25, 0.3) is 0 Å². The highest BCUT2D eigenvalue weighted by atomic mass is 79.9. The lowest BCUT2D eigenvalue weighted by molar-refractivity contribution is -0.161. The van der Waals surface area contributed by atoms with Crippen molar-refractivity contribution in [3.8, 4) is 11.5 Å². The molecule has 0 amide bonds. The number of ether oxygens (including phenoxy) is 2. The summed E-state index contributed by atoms with van der Waals surface area (Å²) in [7, 11) is 1.22. The molecule has 1 unspecified atom stereocenters. The Morgan fingerprint density at radius 1 is 1.18 bits per heavy atom. The summed E-state index contributed by atoms with van der Waals surface area (Å²) in [6, 6.07) is 11.9. The second-order valence-corrected chi connectivity index (χ2v) is 6.05. The van der Waals surface area contributed by atoms with Crippen LogP contribution in [0.15, 0.2) is 46.9 Å². The van der Waals surface area contributed by atoms with Gasteiger partial charge in [0.2, 0.25) is 0 Å². The molecule has 22 heavy (non-hydrogen) atoms. The minimum absolute atomic E-state index is 0.391. The van der Waals surface area contributed by atoms with Crippen LogP contribution in [0.25, 0.3) is 0 Å². The van der Waals surface area contributed by atoms with E-state index in [0.717, 1.165) is 0 Å². The first-order valence-electron chi connectivity index (χ1n) is 6.39. The molecule has 2 rings (SSSR count). The average Bonchev–Trinajstić information content (AvgIpc) is 2.48. The zero-order valence-corrected chi connectivity index (χ0v) is 14.3. The van der Waals surface area contributed by atoms with Gasteiger partial charge in [-0.1, -0.05) is 33.6 Å². The van der Waals surface area contributed by atoms with E-state index in [1.807, 2.05) is 0 Å². The Balaban J connectivity index is 2.26. The second kappa shape index (κ2) is 6.69. The van der Waals surface area contributed by atoms with Crippen molar-refractivity contribution in [2.45, 2.75) is 12.5 Å². The summed E-state index contributed by atoms with van der Waals surface area (Å²) in [5, 5.41) is 10.9. The number of carbonyl (C=O) groups is 1. The van der Waals surface area contributed by atoms with Gasteiger partial charge in [0, 0.05) is 15.1 Å². The van der Waals surface area contributed by atoms with Crippen molar-refractivity contribution in [2.24, 2.45) is 0 Å². The average molecular weight is 386 g/mol. The molecule has 0 saturated carbocycles. The second-order valence-electron chi connectivity index (χ2n) is 4.76. The minimum atomic E-state index is -1.74. The number of halogens is 2. The van der Waals surface area contributed by atoms with Crippen molar-refractivity contribution in [1.29, 1.82) is 0 Å². The standard InChI is InChI=1S/C16H14BrClO4/c1-16(20,15(19)21-2)13-8-7-12(9-14(13)17)22-11-5-3-10(18)4-6-11/h3-9,20H,1-2H3. The Labute approximate surface area is 141 Å². The molecule has 0 fully saturated rings. The van der Waals surface area contributed by atoms with E-state index in [1.165, 1.54) is 14.0 Å². The first-order valence-corrected chi connectivity index (χ1v) is 7.56. The summed E-state index contributed by atoms with van der Waals surface area (Å²) in [4.78, 5) is 11.7. The third-order valence-electron chi connectivity index (χ3n) is 3.10. The molecule has 0 aliphatic rings. The molecule has 0 saturated heterocycles. The lowest BCUT2D eigenvalue weighted by Crippen LogP contribution is -2.33. The van der Waals surface area contributed by atoms with Crippen LogP contribution in [0.4, 0.5) is 0 Å². The molecule has 0 spiro atoms. The SMILES string of the molecule is COC(=O)C(C)(O)c1ccc(Oc2ccc(Cl)cc2)cc1Br. The molecule has 2 aromatic rings. The molecule has 1 atom stereocenters. The number of benzene rings is 2. The van der Waals surface area contributed by atoms with Gasteiger partial charge in [0.15, 0.2) is 5.60 Å². The Hall–Kier alpha value is -1.56. The molecule has 116 valence electrons. The number of esters is 1. The van der Waals surface area contributed by atoms with Crippen molar-refractivity contribution in [3.63, 3.8) is 0 Å². The number of carbonyl (C=O) groups excluding carboxylic acids is 1. The van der Waals surface area contributed by atoms with Crippen LogP contribution in [-0.2, 0) is 15.1 Å². The first-order chi connectivity index (χ1) is 10.3. The van der Waals surface area contributed by atoms with Crippen molar-refractivity contribution in [2.75, 3.05) is 7.11 Å².